The van der Waals surface area contributed by atoms with Crippen molar-refractivity contribution in [1.29, 1.82) is 0 Å². The number of ketones is 1. The number of hydrogen-bond donors (Lipinski definition) is 0. The fraction of sp³-hybridized carbons (Fsp3) is 0.316. The summed E-state index contributed by atoms with van der Waals surface area (Å²) < 4.78 is 17.2. The first-order valence-electron chi connectivity index (χ1n) is 7.90. The molecule has 3 rings (SSSR count). The molecule has 1 unspecified atom stereocenters. The second kappa shape index (κ2) is 5.75. The van der Waals surface area contributed by atoms with Gasteiger partial charge >= 0.3 is 0 Å². The van der Waals surface area contributed by atoms with Crippen LogP contribution < -0.4 is 9.47 Å². The molecule has 4 nitrogen and oxygen atoms in total. The van der Waals surface area contributed by atoms with Crippen LogP contribution in [0.15, 0.2) is 42.5 Å². The second-order valence-corrected chi connectivity index (χ2v) is 11.3. The van der Waals surface area contributed by atoms with Crippen molar-refractivity contribution < 1.29 is 18.7 Å². The lowest BCUT2D eigenvalue weighted by molar-refractivity contribution is 0.0454. The van der Waals surface area contributed by atoms with Gasteiger partial charge < -0.3 is 13.9 Å². The van der Waals surface area contributed by atoms with Crippen LogP contribution in [0.2, 0.25) is 19.6 Å². The molecule has 1 aliphatic carbocycles. The van der Waals surface area contributed by atoms with Crippen LogP contribution in [0.4, 0.5) is 0 Å². The number of rotatable bonds is 5. The van der Waals surface area contributed by atoms with Crippen molar-refractivity contribution in [2.75, 3.05) is 14.2 Å². The van der Waals surface area contributed by atoms with Crippen molar-refractivity contribution in [2.45, 2.75) is 25.2 Å². The van der Waals surface area contributed by atoms with Crippen LogP contribution in [0.1, 0.15) is 21.5 Å². The predicted molar refractivity (Wildman–Crippen MR) is 95.5 cm³/mol. The van der Waals surface area contributed by atoms with E-state index in [0.717, 1.165) is 11.1 Å². The van der Waals surface area contributed by atoms with Crippen LogP contribution in [0.25, 0.3) is 0 Å². The lowest BCUT2D eigenvalue weighted by Gasteiger charge is -2.46. The van der Waals surface area contributed by atoms with Gasteiger partial charge in [-0.15, -0.1) is 0 Å². The molecule has 0 aliphatic heterocycles. The van der Waals surface area contributed by atoms with Gasteiger partial charge in [-0.3, -0.25) is 4.79 Å². The summed E-state index contributed by atoms with van der Waals surface area (Å²) in [7, 11) is 1.16. The Morgan fingerprint density at radius 1 is 0.917 bits per heavy atom. The number of methoxy groups -OCH3 is 2. The molecule has 0 radical (unpaired) electrons. The number of carbonyl (C=O) groups excluding carboxylic acids is 1. The average molecular weight is 342 g/mol. The van der Waals surface area contributed by atoms with E-state index in [0.29, 0.717) is 17.1 Å². The first-order valence-corrected chi connectivity index (χ1v) is 11.3. The number of carbonyl (C=O) groups is 1. The zero-order chi connectivity index (χ0) is 17.5. The molecule has 2 aromatic rings. The second-order valence-electron chi connectivity index (χ2n) is 6.84. The largest absolute Gasteiger partial charge is 0.493 e. The first-order chi connectivity index (χ1) is 11.3. The molecule has 1 aliphatic rings. The van der Waals surface area contributed by atoms with Crippen molar-refractivity contribution in [3.05, 3.63) is 59.2 Å². The summed E-state index contributed by atoms with van der Waals surface area (Å²) in [5.41, 5.74) is 1.30. The minimum absolute atomic E-state index is 0.0212. The zero-order valence-electron chi connectivity index (χ0n) is 14.7. The topological polar surface area (TPSA) is 44.8 Å². The van der Waals surface area contributed by atoms with Gasteiger partial charge in [-0.25, -0.2) is 0 Å². The monoisotopic (exact) mass is 342 g/mol. The molecule has 1 atom stereocenters. The first kappa shape index (κ1) is 16.7. The van der Waals surface area contributed by atoms with Crippen LogP contribution in [0.3, 0.4) is 0 Å². The third-order valence-corrected chi connectivity index (χ3v) is 5.03. The van der Waals surface area contributed by atoms with Gasteiger partial charge in [0.2, 0.25) is 5.78 Å². The van der Waals surface area contributed by atoms with E-state index in [9.17, 15) is 4.79 Å². The van der Waals surface area contributed by atoms with Gasteiger partial charge in [0.25, 0.3) is 0 Å². The van der Waals surface area contributed by atoms with Gasteiger partial charge in [0.15, 0.2) is 25.4 Å². The molecule has 2 aromatic carbocycles. The maximum absolute atomic E-state index is 13.1. The zero-order valence-corrected chi connectivity index (χ0v) is 15.7. The highest BCUT2D eigenvalue weighted by Crippen LogP contribution is 2.51. The van der Waals surface area contributed by atoms with E-state index in [-0.39, 0.29) is 5.78 Å². The Morgan fingerprint density at radius 2 is 1.50 bits per heavy atom. The molecule has 126 valence electrons. The quantitative estimate of drug-likeness (QED) is 0.771. The smallest absolute Gasteiger partial charge is 0.203 e. The van der Waals surface area contributed by atoms with E-state index in [4.69, 9.17) is 13.9 Å². The molecule has 0 saturated heterocycles. The SMILES string of the molecule is COc1cc2c(cc1OC)C(O[Si](C)(C)C)(c1ccccc1)C2=O. The molecule has 0 N–H and O–H groups in total. The van der Waals surface area contributed by atoms with E-state index < -0.39 is 13.9 Å². The molecule has 0 amide bonds. The Labute approximate surface area is 143 Å². The maximum atomic E-state index is 13.1. The van der Waals surface area contributed by atoms with E-state index in [1.54, 1.807) is 20.3 Å². The summed E-state index contributed by atoms with van der Waals surface area (Å²) in [5, 5.41) is 0. The standard InChI is InChI=1S/C19H22O4Si/c1-21-16-11-14-15(12-17(16)22-2)19(18(14)20,23-24(3,4)5)13-9-7-6-8-10-13/h6-12H,1-5H3. The molecule has 0 heterocycles. The minimum atomic E-state index is -2.00. The Kier molecular flexibility index (Phi) is 4.01. The van der Waals surface area contributed by atoms with Gasteiger partial charge in [-0.2, -0.15) is 0 Å². The molecule has 24 heavy (non-hydrogen) atoms. The summed E-state index contributed by atoms with van der Waals surface area (Å²) in [5.74, 6) is 1.13. The number of benzene rings is 2. The Morgan fingerprint density at radius 3 is 2.04 bits per heavy atom. The summed E-state index contributed by atoms with van der Waals surface area (Å²) in [6, 6.07) is 13.3. The van der Waals surface area contributed by atoms with Gasteiger partial charge in [-0.05, 0) is 37.3 Å². The molecule has 0 bridgehead atoms. The highest BCUT2D eigenvalue weighted by Gasteiger charge is 2.56. The lowest BCUT2D eigenvalue weighted by atomic mass is 9.68. The average Bonchev–Trinajstić information content (AvgIpc) is 2.58. The van der Waals surface area contributed by atoms with Crippen molar-refractivity contribution in [3.63, 3.8) is 0 Å². The van der Waals surface area contributed by atoms with Crippen molar-refractivity contribution in [2.24, 2.45) is 0 Å². The minimum Gasteiger partial charge on any atom is -0.493 e. The van der Waals surface area contributed by atoms with E-state index in [1.807, 2.05) is 36.4 Å². The highest BCUT2D eigenvalue weighted by atomic mass is 28.4. The maximum Gasteiger partial charge on any atom is 0.203 e. The van der Waals surface area contributed by atoms with E-state index in [2.05, 4.69) is 19.6 Å². The van der Waals surface area contributed by atoms with Crippen LogP contribution in [-0.2, 0) is 10.0 Å². The molecule has 0 fully saturated rings. The van der Waals surface area contributed by atoms with Gasteiger partial charge in [-0.1, -0.05) is 30.3 Å². The Bertz CT molecular complexity index is 780. The summed E-state index contributed by atoms with van der Waals surface area (Å²) in [4.78, 5) is 13.1. The number of Topliss-reactive ketones (excluding diaryl/α,β-unsaturated/α-hetero) is 1. The van der Waals surface area contributed by atoms with E-state index in [1.165, 1.54) is 0 Å². The molecule has 0 aromatic heterocycles. The molecular formula is C19H22O4Si. The fourth-order valence-electron chi connectivity index (χ4n) is 3.19. The van der Waals surface area contributed by atoms with Crippen LogP contribution in [-0.4, -0.2) is 28.3 Å². The fourth-order valence-corrected chi connectivity index (χ4v) is 4.43. The molecule has 5 heteroatoms. The van der Waals surface area contributed by atoms with Crippen LogP contribution in [0, 0.1) is 0 Å². The lowest BCUT2D eigenvalue weighted by Crippen LogP contribution is -2.54. The third-order valence-electron chi connectivity index (χ3n) is 4.11. The van der Waals surface area contributed by atoms with E-state index >= 15 is 0 Å². The Balaban J connectivity index is 2.23. The van der Waals surface area contributed by atoms with Gasteiger partial charge in [0.1, 0.15) is 0 Å². The highest BCUT2D eigenvalue weighted by molar-refractivity contribution is 6.70. The van der Waals surface area contributed by atoms with Crippen molar-refractivity contribution in [3.8, 4) is 11.5 Å². The van der Waals surface area contributed by atoms with Gasteiger partial charge in [0, 0.05) is 11.1 Å². The predicted octanol–water partition coefficient (Wildman–Crippen LogP) is 4.00. The normalized spacial score (nSPS) is 19.5. The molecule has 0 spiro atoms. The number of ether oxygens (including phenoxy) is 2. The third kappa shape index (κ3) is 2.44. The van der Waals surface area contributed by atoms with Crippen LogP contribution in [0.5, 0.6) is 11.5 Å². The van der Waals surface area contributed by atoms with Crippen molar-refractivity contribution in [1.82, 2.24) is 0 Å². The Hall–Kier alpha value is -2.11. The van der Waals surface area contributed by atoms with Gasteiger partial charge in [0.05, 0.1) is 14.2 Å². The van der Waals surface area contributed by atoms with Crippen LogP contribution >= 0.6 is 0 Å². The van der Waals surface area contributed by atoms with Crippen molar-refractivity contribution >= 4 is 14.1 Å². The number of hydrogen-bond acceptors (Lipinski definition) is 4. The molecular weight excluding hydrogens is 320 g/mol. The summed E-state index contributed by atoms with van der Waals surface area (Å²) in [6.45, 7) is 6.26. The summed E-state index contributed by atoms with van der Waals surface area (Å²) >= 11 is 0. The molecule has 0 saturated carbocycles. The summed E-state index contributed by atoms with van der Waals surface area (Å²) in [6.07, 6.45) is 0. The number of fused-ring (bicyclic) bond motifs is 1.